The molecular weight excluding hydrogens is 234 g/mol. The quantitative estimate of drug-likeness (QED) is 0.888. The van der Waals surface area contributed by atoms with Crippen molar-refractivity contribution in [3.8, 4) is 5.75 Å². The van der Waals surface area contributed by atoms with E-state index in [2.05, 4.69) is 31.0 Å². The van der Waals surface area contributed by atoms with Crippen LogP contribution in [0, 0.1) is 19.8 Å². The second-order valence-electron chi connectivity index (χ2n) is 6.41. The Labute approximate surface area is 117 Å². The van der Waals surface area contributed by atoms with Crippen LogP contribution in [0.2, 0.25) is 0 Å². The van der Waals surface area contributed by atoms with Gasteiger partial charge >= 0.3 is 0 Å². The lowest BCUT2D eigenvalue weighted by atomic mass is 9.86. The average molecular weight is 261 g/mol. The van der Waals surface area contributed by atoms with E-state index >= 15 is 0 Å². The van der Waals surface area contributed by atoms with Gasteiger partial charge in [-0.1, -0.05) is 19.1 Å². The van der Waals surface area contributed by atoms with Crippen LogP contribution in [0.4, 0.5) is 0 Å². The van der Waals surface area contributed by atoms with Crippen molar-refractivity contribution in [2.24, 2.45) is 5.92 Å². The van der Waals surface area contributed by atoms with Crippen LogP contribution >= 0.6 is 0 Å². The summed E-state index contributed by atoms with van der Waals surface area (Å²) in [5.74, 6) is 1.35. The largest absolute Gasteiger partial charge is 0.507 e. The van der Waals surface area contributed by atoms with Gasteiger partial charge in [0.1, 0.15) is 5.75 Å². The van der Waals surface area contributed by atoms with Crippen LogP contribution in [-0.2, 0) is 6.54 Å². The van der Waals surface area contributed by atoms with Crippen molar-refractivity contribution < 1.29 is 5.11 Å². The number of benzene rings is 1. The Bertz CT molecular complexity index is 410. The van der Waals surface area contributed by atoms with Gasteiger partial charge < -0.3 is 5.11 Å². The summed E-state index contributed by atoms with van der Waals surface area (Å²) in [4.78, 5) is 2.48. The first-order valence-corrected chi connectivity index (χ1v) is 7.46. The fourth-order valence-corrected chi connectivity index (χ4v) is 3.24. The minimum Gasteiger partial charge on any atom is -0.507 e. The Balaban J connectivity index is 2.00. The van der Waals surface area contributed by atoms with Gasteiger partial charge in [-0.25, -0.2) is 0 Å². The normalized spacial score (nSPS) is 23.8. The van der Waals surface area contributed by atoms with Gasteiger partial charge in [0.05, 0.1) is 0 Å². The molecule has 0 radical (unpaired) electrons. The zero-order valence-corrected chi connectivity index (χ0v) is 12.7. The maximum absolute atomic E-state index is 9.83. The van der Waals surface area contributed by atoms with E-state index in [-0.39, 0.29) is 0 Å². The summed E-state index contributed by atoms with van der Waals surface area (Å²) in [6.07, 6.45) is 5.38. The topological polar surface area (TPSA) is 23.5 Å². The molecule has 1 aromatic carbocycles. The van der Waals surface area contributed by atoms with Crippen LogP contribution in [0.5, 0.6) is 5.75 Å². The lowest BCUT2D eigenvalue weighted by Gasteiger charge is -2.33. The summed E-state index contributed by atoms with van der Waals surface area (Å²) in [5, 5.41) is 9.83. The molecule has 19 heavy (non-hydrogen) atoms. The van der Waals surface area contributed by atoms with E-state index in [0.717, 1.165) is 29.6 Å². The van der Waals surface area contributed by atoms with Crippen LogP contribution in [0.15, 0.2) is 12.1 Å². The molecule has 0 bridgehead atoms. The van der Waals surface area contributed by atoms with Crippen molar-refractivity contribution in [1.82, 2.24) is 4.90 Å². The summed E-state index contributed by atoms with van der Waals surface area (Å²) in [5.41, 5.74) is 3.29. The lowest BCUT2D eigenvalue weighted by Crippen LogP contribution is -2.34. The molecule has 1 fully saturated rings. The SMILES string of the molecule is Cc1cc(CN(C)C2CCC(C)CC2)cc(C)c1O. The first-order valence-electron chi connectivity index (χ1n) is 7.46. The van der Waals surface area contributed by atoms with E-state index in [1.54, 1.807) is 0 Å². The summed E-state index contributed by atoms with van der Waals surface area (Å²) in [6, 6.07) is 4.96. The molecule has 2 heteroatoms. The van der Waals surface area contributed by atoms with Crippen molar-refractivity contribution in [3.05, 3.63) is 28.8 Å². The molecule has 1 aliphatic carbocycles. The van der Waals surface area contributed by atoms with E-state index < -0.39 is 0 Å². The fraction of sp³-hybridized carbons (Fsp3) is 0.647. The number of phenols is 1. The monoisotopic (exact) mass is 261 g/mol. The Morgan fingerprint density at radius 2 is 1.63 bits per heavy atom. The second-order valence-corrected chi connectivity index (χ2v) is 6.41. The molecule has 0 aliphatic heterocycles. The summed E-state index contributed by atoms with van der Waals surface area (Å²) < 4.78 is 0. The third-order valence-electron chi connectivity index (χ3n) is 4.59. The minimum atomic E-state index is 0.442. The van der Waals surface area contributed by atoms with Gasteiger partial charge in [0.25, 0.3) is 0 Å². The highest BCUT2D eigenvalue weighted by molar-refractivity contribution is 5.42. The van der Waals surface area contributed by atoms with E-state index in [0.29, 0.717) is 5.75 Å². The van der Waals surface area contributed by atoms with Crippen LogP contribution in [-0.4, -0.2) is 23.1 Å². The smallest absolute Gasteiger partial charge is 0.121 e. The van der Waals surface area contributed by atoms with Crippen LogP contribution in [0.1, 0.15) is 49.3 Å². The van der Waals surface area contributed by atoms with Crippen molar-refractivity contribution >= 4 is 0 Å². The molecule has 0 amide bonds. The zero-order chi connectivity index (χ0) is 14.0. The van der Waals surface area contributed by atoms with Gasteiger partial charge in [0.2, 0.25) is 0 Å². The van der Waals surface area contributed by atoms with E-state index in [1.165, 1.54) is 31.2 Å². The number of phenolic OH excluding ortho intramolecular Hbond substituents is 1. The van der Waals surface area contributed by atoms with Gasteiger partial charge in [-0.2, -0.15) is 0 Å². The third kappa shape index (κ3) is 3.50. The number of nitrogens with zero attached hydrogens (tertiary/aromatic N) is 1. The first kappa shape index (κ1) is 14.4. The van der Waals surface area contributed by atoms with Crippen molar-refractivity contribution in [2.75, 3.05) is 7.05 Å². The number of hydrogen-bond donors (Lipinski definition) is 1. The number of rotatable bonds is 3. The van der Waals surface area contributed by atoms with Gasteiger partial charge in [0.15, 0.2) is 0 Å². The zero-order valence-electron chi connectivity index (χ0n) is 12.7. The molecule has 0 heterocycles. The lowest BCUT2D eigenvalue weighted by molar-refractivity contribution is 0.164. The van der Waals surface area contributed by atoms with Gasteiger partial charge in [-0.05, 0) is 69.2 Å². The summed E-state index contributed by atoms with van der Waals surface area (Å²) in [6.45, 7) is 7.31. The number of aryl methyl sites for hydroxylation is 2. The molecule has 106 valence electrons. The molecule has 0 saturated heterocycles. The Morgan fingerprint density at radius 3 is 2.16 bits per heavy atom. The highest BCUT2D eigenvalue weighted by Crippen LogP contribution is 2.28. The van der Waals surface area contributed by atoms with Gasteiger partial charge in [-0.15, -0.1) is 0 Å². The van der Waals surface area contributed by atoms with Crippen LogP contribution in [0.3, 0.4) is 0 Å². The van der Waals surface area contributed by atoms with E-state index in [9.17, 15) is 5.11 Å². The second kappa shape index (κ2) is 5.96. The Hall–Kier alpha value is -1.02. The van der Waals surface area contributed by atoms with Crippen molar-refractivity contribution in [1.29, 1.82) is 0 Å². The van der Waals surface area contributed by atoms with Crippen LogP contribution in [0.25, 0.3) is 0 Å². The molecular formula is C17H27NO. The van der Waals surface area contributed by atoms with Crippen molar-refractivity contribution in [3.63, 3.8) is 0 Å². The van der Waals surface area contributed by atoms with Crippen LogP contribution < -0.4 is 0 Å². The van der Waals surface area contributed by atoms with Gasteiger partial charge in [-0.3, -0.25) is 4.90 Å². The predicted molar refractivity (Wildman–Crippen MR) is 80.5 cm³/mol. The molecule has 1 aromatic rings. The summed E-state index contributed by atoms with van der Waals surface area (Å²) in [7, 11) is 2.23. The van der Waals surface area contributed by atoms with Crippen molar-refractivity contribution in [2.45, 2.75) is 59.0 Å². The maximum Gasteiger partial charge on any atom is 0.121 e. The van der Waals surface area contributed by atoms with E-state index in [4.69, 9.17) is 0 Å². The molecule has 0 unspecified atom stereocenters. The number of hydrogen-bond acceptors (Lipinski definition) is 2. The highest BCUT2D eigenvalue weighted by atomic mass is 16.3. The van der Waals surface area contributed by atoms with Gasteiger partial charge in [0, 0.05) is 12.6 Å². The molecule has 1 saturated carbocycles. The molecule has 0 spiro atoms. The highest BCUT2D eigenvalue weighted by Gasteiger charge is 2.21. The average Bonchev–Trinajstić information content (AvgIpc) is 2.36. The maximum atomic E-state index is 9.83. The molecule has 0 atom stereocenters. The molecule has 1 N–H and O–H groups in total. The first-order chi connectivity index (χ1) is 8.97. The summed E-state index contributed by atoms with van der Waals surface area (Å²) >= 11 is 0. The predicted octanol–water partition coefficient (Wildman–Crippen LogP) is 4.02. The molecule has 2 nitrogen and oxygen atoms in total. The van der Waals surface area contributed by atoms with E-state index in [1.807, 2.05) is 13.8 Å². The number of aromatic hydroxyl groups is 1. The molecule has 2 rings (SSSR count). The third-order valence-corrected chi connectivity index (χ3v) is 4.59. The molecule has 0 aromatic heterocycles. The Kier molecular flexibility index (Phi) is 4.51. The molecule has 1 aliphatic rings. The Morgan fingerprint density at radius 1 is 1.11 bits per heavy atom. The minimum absolute atomic E-state index is 0.442. The fourth-order valence-electron chi connectivity index (χ4n) is 3.24. The standard InChI is InChI=1S/C17H27NO/c1-12-5-7-16(8-6-12)18(4)11-15-9-13(2)17(19)14(3)10-15/h9-10,12,16,19H,5-8,11H2,1-4H3.